The van der Waals surface area contributed by atoms with Crippen LogP contribution in [0.5, 0.6) is 11.5 Å². The highest BCUT2D eigenvalue weighted by Gasteiger charge is 2.26. The zero-order valence-corrected chi connectivity index (χ0v) is 10.9. The summed E-state index contributed by atoms with van der Waals surface area (Å²) in [4.78, 5) is 0. The van der Waals surface area contributed by atoms with E-state index in [0.29, 0.717) is 5.69 Å². The maximum absolute atomic E-state index is 13.6. The first-order valence-electron chi connectivity index (χ1n) is 5.43. The number of hydrogen-bond acceptors (Lipinski definition) is 2. The first kappa shape index (κ1) is 14.5. The SMILES string of the molecule is CNc1ccccc1Oc1c(F)c(F)c(Cl)c(F)c1F. The van der Waals surface area contributed by atoms with Crippen LogP contribution in [-0.4, -0.2) is 7.05 Å². The van der Waals surface area contributed by atoms with Crippen LogP contribution in [0.2, 0.25) is 5.02 Å². The fraction of sp³-hybridized carbons (Fsp3) is 0.0769. The van der Waals surface area contributed by atoms with Crippen LogP contribution in [0.15, 0.2) is 24.3 Å². The molecule has 0 aliphatic carbocycles. The highest BCUT2D eigenvalue weighted by atomic mass is 35.5. The van der Waals surface area contributed by atoms with Crippen molar-refractivity contribution in [3.8, 4) is 11.5 Å². The molecule has 0 fully saturated rings. The molecule has 0 spiro atoms. The molecule has 0 bridgehead atoms. The van der Waals surface area contributed by atoms with Gasteiger partial charge in [0.1, 0.15) is 5.02 Å². The predicted molar refractivity (Wildman–Crippen MR) is 67.3 cm³/mol. The summed E-state index contributed by atoms with van der Waals surface area (Å²) in [7, 11) is 1.55. The predicted octanol–water partition coefficient (Wildman–Crippen LogP) is 4.73. The Hall–Kier alpha value is -1.95. The fourth-order valence-corrected chi connectivity index (χ4v) is 1.71. The second kappa shape index (κ2) is 5.58. The minimum atomic E-state index is -1.71. The Morgan fingerprint density at radius 3 is 2.05 bits per heavy atom. The monoisotopic (exact) mass is 305 g/mol. The number of anilines is 1. The lowest BCUT2D eigenvalue weighted by Crippen LogP contribution is -2.02. The summed E-state index contributed by atoms with van der Waals surface area (Å²) in [5, 5.41) is 1.46. The van der Waals surface area contributed by atoms with Gasteiger partial charge in [0.25, 0.3) is 0 Å². The van der Waals surface area contributed by atoms with Gasteiger partial charge in [0.2, 0.25) is 17.4 Å². The third-order valence-electron chi connectivity index (χ3n) is 2.54. The second-order valence-electron chi connectivity index (χ2n) is 3.75. The maximum atomic E-state index is 13.6. The molecule has 2 nitrogen and oxygen atoms in total. The van der Waals surface area contributed by atoms with Crippen LogP contribution in [0.1, 0.15) is 0 Å². The van der Waals surface area contributed by atoms with Crippen molar-refractivity contribution in [1.29, 1.82) is 0 Å². The molecule has 0 aromatic heterocycles. The summed E-state index contributed by atoms with van der Waals surface area (Å²) < 4.78 is 58.8. The van der Waals surface area contributed by atoms with E-state index in [1.54, 1.807) is 19.2 Å². The molecular formula is C13H8ClF4NO. The van der Waals surface area contributed by atoms with Gasteiger partial charge in [0.05, 0.1) is 5.69 Å². The van der Waals surface area contributed by atoms with Crippen LogP contribution in [0.3, 0.4) is 0 Å². The van der Waals surface area contributed by atoms with Crippen molar-refractivity contribution in [2.24, 2.45) is 0 Å². The highest BCUT2D eigenvalue weighted by Crippen LogP contribution is 2.37. The number of benzene rings is 2. The number of para-hydroxylation sites is 2. The first-order chi connectivity index (χ1) is 9.47. The van der Waals surface area contributed by atoms with E-state index in [-0.39, 0.29) is 5.75 Å². The van der Waals surface area contributed by atoms with Gasteiger partial charge in [-0.25, -0.2) is 8.78 Å². The lowest BCUT2D eigenvalue weighted by atomic mass is 10.2. The summed E-state index contributed by atoms with van der Waals surface area (Å²) in [6.07, 6.45) is 0. The molecule has 0 saturated heterocycles. The minimum Gasteiger partial charge on any atom is -0.449 e. The average Bonchev–Trinajstić information content (AvgIpc) is 2.48. The summed E-state index contributed by atoms with van der Waals surface area (Å²) in [6, 6.07) is 6.13. The van der Waals surface area contributed by atoms with Gasteiger partial charge in [-0.2, -0.15) is 8.78 Å². The molecular weight excluding hydrogens is 298 g/mol. The fourth-order valence-electron chi connectivity index (χ4n) is 1.55. The van der Waals surface area contributed by atoms with E-state index in [1.807, 2.05) is 0 Å². The van der Waals surface area contributed by atoms with Crippen LogP contribution in [-0.2, 0) is 0 Å². The van der Waals surface area contributed by atoms with Gasteiger partial charge < -0.3 is 10.1 Å². The van der Waals surface area contributed by atoms with E-state index in [4.69, 9.17) is 16.3 Å². The Morgan fingerprint density at radius 2 is 1.50 bits per heavy atom. The Bertz CT molecular complexity index is 634. The van der Waals surface area contributed by atoms with Gasteiger partial charge >= 0.3 is 0 Å². The van der Waals surface area contributed by atoms with E-state index in [9.17, 15) is 17.6 Å². The number of halogens is 5. The number of hydrogen-bond donors (Lipinski definition) is 1. The molecule has 2 aromatic rings. The molecule has 7 heteroatoms. The van der Waals surface area contributed by atoms with Crippen LogP contribution in [0.4, 0.5) is 23.2 Å². The summed E-state index contributed by atoms with van der Waals surface area (Å²) in [5.41, 5.74) is 0.391. The zero-order chi connectivity index (χ0) is 14.9. The molecule has 2 aromatic carbocycles. The molecule has 0 aliphatic heterocycles. The van der Waals surface area contributed by atoms with Gasteiger partial charge in [-0.1, -0.05) is 23.7 Å². The van der Waals surface area contributed by atoms with Crippen molar-refractivity contribution in [3.05, 3.63) is 52.6 Å². The summed E-state index contributed by atoms with van der Waals surface area (Å²) in [6.45, 7) is 0. The average molecular weight is 306 g/mol. The van der Waals surface area contributed by atoms with E-state index in [1.165, 1.54) is 12.1 Å². The van der Waals surface area contributed by atoms with E-state index >= 15 is 0 Å². The van der Waals surface area contributed by atoms with Crippen molar-refractivity contribution in [2.45, 2.75) is 0 Å². The normalized spacial score (nSPS) is 10.5. The van der Waals surface area contributed by atoms with Crippen LogP contribution in [0, 0.1) is 23.3 Å². The van der Waals surface area contributed by atoms with Crippen molar-refractivity contribution < 1.29 is 22.3 Å². The minimum absolute atomic E-state index is 0.00826. The maximum Gasteiger partial charge on any atom is 0.206 e. The van der Waals surface area contributed by atoms with Crippen molar-refractivity contribution >= 4 is 17.3 Å². The van der Waals surface area contributed by atoms with E-state index < -0.39 is 34.0 Å². The Kier molecular flexibility index (Phi) is 4.04. The summed E-state index contributed by atoms with van der Waals surface area (Å²) in [5.74, 6) is -7.98. The van der Waals surface area contributed by atoms with Crippen molar-refractivity contribution in [3.63, 3.8) is 0 Å². The number of ether oxygens (including phenoxy) is 1. The topological polar surface area (TPSA) is 21.3 Å². The largest absolute Gasteiger partial charge is 0.449 e. The molecule has 0 aliphatic rings. The van der Waals surface area contributed by atoms with Gasteiger partial charge in [-0.05, 0) is 12.1 Å². The molecule has 0 atom stereocenters. The van der Waals surface area contributed by atoms with Gasteiger partial charge in [-0.15, -0.1) is 0 Å². The smallest absolute Gasteiger partial charge is 0.206 e. The highest BCUT2D eigenvalue weighted by molar-refractivity contribution is 6.30. The number of nitrogens with one attached hydrogen (secondary N) is 1. The molecule has 0 heterocycles. The van der Waals surface area contributed by atoms with Gasteiger partial charge in [0.15, 0.2) is 17.4 Å². The molecule has 106 valence electrons. The van der Waals surface area contributed by atoms with Crippen molar-refractivity contribution in [2.75, 3.05) is 12.4 Å². The van der Waals surface area contributed by atoms with E-state index in [0.717, 1.165) is 0 Å². The zero-order valence-electron chi connectivity index (χ0n) is 10.1. The molecule has 0 radical (unpaired) electrons. The van der Waals surface area contributed by atoms with E-state index in [2.05, 4.69) is 5.32 Å². The van der Waals surface area contributed by atoms with Crippen LogP contribution >= 0.6 is 11.6 Å². The van der Waals surface area contributed by atoms with Crippen LogP contribution in [0.25, 0.3) is 0 Å². The second-order valence-corrected chi connectivity index (χ2v) is 4.13. The molecule has 20 heavy (non-hydrogen) atoms. The van der Waals surface area contributed by atoms with Gasteiger partial charge in [-0.3, -0.25) is 0 Å². The third kappa shape index (κ3) is 2.38. The molecule has 0 saturated carbocycles. The third-order valence-corrected chi connectivity index (χ3v) is 2.87. The Balaban J connectivity index is 2.54. The summed E-state index contributed by atoms with van der Waals surface area (Å²) >= 11 is 5.12. The lowest BCUT2D eigenvalue weighted by Gasteiger charge is -2.13. The molecule has 2 rings (SSSR count). The van der Waals surface area contributed by atoms with Crippen molar-refractivity contribution in [1.82, 2.24) is 0 Å². The Labute approximate surface area is 116 Å². The molecule has 1 N–H and O–H groups in total. The van der Waals surface area contributed by atoms with Gasteiger partial charge in [0, 0.05) is 7.05 Å². The number of rotatable bonds is 3. The quantitative estimate of drug-likeness (QED) is 0.503. The first-order valence-corrected chi connectivity index (χ1v) is 5.81. The van der Waals surface area contributed by atoms with Crippen LogP contribution < -0.4 is 10.1 Å². The molecule has 0 amide bonds. The lowest BCUT2D eigenvalue weighted by molar-refractivity contribution is 0.367. The Morgan fingerprint density at radius 1 is 0.950 bits per heavy atom. The molecule has 0 unspecified atom stereocenters. The standard InChI is InChI=1S/C13H8ClF4NO/c1-19-6-4-2-3-5-7(6)20-13-11(17)9(15)8(14)10(16)12(13)18/h2-5,19H,1H3.